The molecule has 4 rings (SSSR count). The first-order valence-corrected chi connectivity index (χ1v) is 8.79. The van der Waals surface area contributed by atoms with Crippen LogP contribution in [0.5, 0.6) is 5.75 Å². The molecule has 2 heteroatoms. The number of phenolic OH excluding ortho intramolecular Hbond substituents is 1. The van der Waals surface area contributed by atoms with E-state index in [-0.39, 0.29) is 0 Å². The van der Waals surface area contributed by atoms with Crippen molar-refractivity contribution in [1.29, 1.82) is 0 Å². The first-order chi connectivity index (χ1) is 10.9. The first kappa shape index (κ1) is 15.0. The van der Waals surface area contributed by atoms with Gasteiger partial charge in [0.2, 0.25) is 0 Å². The summed E-state index contributed by atoms with van der Waals surface area (Å²) in [5, 5.41) is 12.9. The molecule has 2 aromatic carbocycles. The van der Waals surface area contributed by atoms with Gasteiger partial charge in [0.25, 0.3) is 0 Å². The van der Waals surface area contributed by atoms with Crippen LogP contribution in [0, 0.1) is 10.8 Å². The number of fused-ring (bicyclic) bond motifs is 3. The summed E-state index contributed by atoms with van der Waals surface area (Å²) in [4.78, 5) is 2.62. The first-order valence-electron chi connectivity index (χ1n) is 8.79. The van der Waals surface area contributed by atoms with Crippen LogP contribution < -0.4 is 0 Å². The quantitative estimate of drug-likeness (QED) is 0.849. The van der Waals surface area contributed by atoms with E-state index in [1.165, 1.54) is 30.0 Å². The largest absolute Gasteiger partial charge is 0.508 e. The summed E-state index contributed by atoms with van der Waals surface area (Å²) in [7, 11) is 0. The molecule has 2 atom stereocenters. The van der Waals surface area contributed by atoms with E-state index in [1.807, 2.05) is 12.1 Å². The van der Waals surface area contributed by atoms with Gasteiger partial charge in [-0.15, -0.1) is 0 Å². The van der Waals surface area contributed by atoms with E-state index < -0.39 is 0 Å². The van der Waals surface area contributed by atoms with Crippen molar-refractivity contribution in [2.24, 2.45) is 10.8 Å². The highest BCUT2D eigenvalue weighted by Crippen LogP contribution is 2.53. The minimum atomic E-state index is 0.437. The lowest BCUT2D eigenvalue weighted by Crippen LogP contribution is -2.34. The molecule has 0 spiro atoms. The van der Waals surface area contributed by atoms with Gasteiger partial charge in [0.05, 0.1) is 0 Å². The van der Waals surface area contributed by atoms with Gasteiger partial charge in [-0.2, -0.15) is 0 Å². The predicted molar refractivity (Wildman–Crippen MR) is 95.5 cm³/mol. The van der Waals surface area contributed by atoms with E-state index in [0.29, 0.717) is 22.6 Å². The molecule has 1 aliphatic carbocycles. The highest BCUT2D eigenvalue weighted by atomic mass is 16.3. The summed E-state index contributed by atoms with van der Waals surface area (Å²) in [6.45, 7) is 9.30. The Kier molecular flexibility index (Phi) is 3.25. The standard InChI is InChI=1S/C21H27NO/c1-20(2)10-16-11-21(3,13-20)14-22(16)12-18-17-7-5-4-6-15(17)8-9-19(18)23/h4-9,16,23H,10-14H2,1-3H3/t16-,21-/m0/s1. The highest BCUT2D eigenvalue weighted by molar-refractivity contribution is 5.87. The van der Waals surface area contributed by atoms with Gasteiger partial charge in [-0.25, -0.2) is 0 Å². The van der Waals surface area contributed by atoms with E-state index in [9.17, 15) is 5.11 Å². The number of hydrogen-bond donors (Lipinski definition) is 1. The zero-order valence-electron chi connectivity index (χ0n) is 14.5. The molecule has 0 radical (unpaired) electrons. The lowest BCUT2D eigenvalue weighted by Gasteiger charge is -2.40. The van der Waals surface area contributed by atoms with E-state index in [0.717, 1.165) is 18.7 Å². The fraction of sp³-hybridized carbons (Fsp3) is 0.524. The summed E-state index contributed by atoms with van der Waals surface area (Å²) in [6, 6.07) is 12.9. The Labute approximate surface area is 139 Å². The van der Waals surface area contributed by atoms with Crippen LogP contribution in [0.1, 0.15) is 45.6 Å². The van der Waals surface area contributed by atoms with Gasteiger partial charge in [-0.3, -0.25) is 4.90 Å². The fourth-order valence-corrected chi connectivity index (χ4v) is 5.46. The van der Waals surface area contributed by atoms with Gasteiger partial charge < -0.3 is 5.11 Å². The molecule has 1 saturated heterocycles. The molecule has 2 fully saturated rings. The zero-order chi connectivity index (χ0) is 16.2. The molecule has 2 aliphatic rings. The van der Waals surface area contributed by atoms with Crippen LogP contribution in [0.3, 0.4) is 0 Å². The number of hydrogen-bond acceptors (Lipinski definition) is 2. The maximum absolute atomic E-state index is 10.4. The topological polar surface area (TPSA) is 23.5 Å². The Hall–Kier alpha value is -1.54. The Morgan fingerprint density at radius 2 is 1.87 bits per heavy atom. The predicted octanol–water partition coefficient (Wildman–Crippen LogP) is 4.95. The summed E-state index contributed by atoms with van der Waals surface area (Å²) in [6.07, 6.45) is 3.89. The molecular weight excluding hydrogens is 282 g/mol. The minimum Gasteiger partial charge on any atom is -0.508 e. The van der Waals surface area contributed by atoms with Crippen LogP contribution in [0.4, 0.5) is 0 Å². The molecule has 1 saturated carbocycles. The second-order valence-electron chi connectivity index (χ2n) is 8.90. The third-order valence-corrected chi connectivity index (χ3v) is 5.90. The van der Waals surface area contributed by atoms with Crippen LogP contribution in [0.15, 0.2) is 36.4 Å². The maximum atomic E-state index is 10.4. The number of benzene rings is 2. The van der Waals surface area contributed by atoms with Crippen LogP contribution in [0.25, 0.3) is 10.8 Å². The summed E-state index contributed by atoms with van der Waals surface area (Å²) < 4.78 is 0. The van der Waals surface area contributed by atoms with Crippen LogP contribution in [-0.4, -0.2) is 22.6 Å². The van der Waals surface area contributed by atoms with Gasteiger partial charge in [-0.1, -0.05) is 51.1 Å². The van der Waals surface area contributed by atoms with Gasteiger partial charge in [0, 0.05) is 24.7 Å². The summed E-state index contributed by atoms with van der Waals surface area (Å²) >= 11 is 0. The van der Waals surface area contributed by atoms with Crippen molar-refractivity contribution in [3.63, 3.8) is 0 Å². The Morgan fingerprint density at radius 1 is 1.09 bits per heavy atom. The number of phenols is 1. The van der Waals surface area contributed by atoms with E-state index in [4.69, 9.17) is 0 Å². The number of nitrogens with zero attached hydrogens (tertiary/aromatic N) is 1. The normalized spacial score (nSPS) is 30.0. The molecule has 2 nitrogen and oxygen atoms in total. The molecule has 23 heavy (non-hydrogen) atoms. The zero-order valence-corrected chi connectivity index (χ0v) is 14.5. The van der Waals surface area contributed by atoms with Crippen LogP contribution in [-0.2, 0) is 6.54 Å². The minimum absolute atomic E-state index is 0.437. The average Bonchev–Trinajstić information content (AvgIpc) is 2.70. The number of rotatable bonds is 2. The number of aromatic hydroxyl groups is 1. The summed E-state index contributed by atoms with van der Waals surface area (Å²) in [5.41, 5.74) is 1.97. The summed E-state index contributed by atoms with van der Waals surface area (Å²) in [5.74, 6) is 0.439. The fourth-order valence-electron chi connectivity index (χ4n) is 5.46. The Bertz CT molecular complexity index is 751. The molecule has 1 heterocycles. The molecule has 1 N–H and O–H groups in total. The van der Waals surface area contributed by atoms with Crippen LogP contribution in [0.2, 0.25) is 0 Å². The van der Waals surface area contributed by atoms with Crippen molar-refractivity contribution in [1.82, 2.24) is 4.90 Å². The van der Waals surface area contributed by atoms with Crippen molar-refractivity contribution in [2.45, 2.75) is 52.6 Å². The SMILES string of the molecule is CC1(C)C[C@H]2C[C@](C)(CN2Cc2c(O)ccc3ccccc23)C1. The molecule has 0 amide bonds. The smallest absolute Gasteiger partial charge is 0.120 e. The average molecular weight is 309 g/mol. The van der Waals surface area contributed by atoms with E-state index in [2.05, 4.69) is 49.9 Å². The lowest BCUT2D eigenvalue weighted by molar-refractivity contribution is 0.126. The van der Waals surface area contributed by atoms with Gasteiger partial charge >= 0.3 is 0 Å². The second kappa shape index (κ2) is 4.98. The van der Waals surface area contributed by atoms with Gasteiger partial charge in [0.15, 0.2) is 0 Å². The highest BCUT2D eigenvalue weighted by Gasteiger charge is 2.49. The Morgan fingerprint density at radius 3 is 2.70 bits per heavy atom. The molecular formula is C21H27NO. The maximum Gasteiger partial charge on any atom is 0.120 e. The molecule has 122 valence electrons. The third kappa shape index (κ3) is 2.63. The van der Waals surface area contributed by atoms with E-state index in [1.54, 1.807) is 0 Å². The van der Waals surface area contributed by atoms with Crippen molar-refractivity contribution in [3.05, 3.63) is 42.0 Å². The van der Waals surface area contributed by atoms with Crippen molar-refractivity contribution in [3.8, 4) is 5.75 Å². The second-order valence-corrected chi connectivity index (χ2v) is 8.90. The lowest BCUT2D eigenvalue weighted by atomic mass is 9.65. The molecule has 0 aromatic heterocycles. The molecule has 2 bridgehead atoms. The van der Waals surface area contributed by atoms with E-state index >= 15 is 0 Å². The number of likely N-dealkylation sites (tertiary alicyclic amines) is 1. The Balaban J connectivity index is 1.68. The monoisotopic (exact) mass is 309 g/mol. The van der Waals surface area contributed by atoms with Crippen molar-refractivity contribution in [2.75, 3.05) is 6.54 Å². The molecule has 2 aromatic rings. The van der Waals surface area contributed by atoms with Crippen molar-refractivity contribution < 1.29 is 5.11 Å². The molecule has 1 aliphatic heterocycles. The van der Waals surface area contributed by atoms with Gasteiger partial charge in [0.1, 0.15) is 5.75 Å². The van der Waals surface area contributed by atoms with Crippen molar-refractivity contribution >= 4 is 10.8 Å². The van der Waals surface area contributed by atoms with Crippen LogP contribution >= 0.6 is 0 Å². The third-order valence-electron chi connectivity index (χ3n) is 5.90. The molecule has 0 unspecified atom stereocenters. The van der Waals surface area contributed by atoms with Gasteiger partial charge in [-0.05, 0) is 46.9 Å².